The predicted molar refractivity (Wildman–Crippen MR) is 63.0 cm³/mol. The third kappa shape index (κ3) is 2.03. The summed E-state index contributed by atoms with van der Waals surface area (Å²) in [6.07, 6.45) is -0.0126. The third-order valence-corrected chi connectivity index (χ3v) is 3.18. The summed E-state index contributed by atoms with van der Waals surface area (Å²) in [5.41, 5.74) is 0.832. The van der Waals surface area contributed by atoms with E-state index in [-0.39, 0.29) is 34.7 Å². The first-order valence-corrected chi connectivity index (χ1v) is 5.01. The van der Waals surface area contributed by atoms with E-state index >= 15 is 0 Å². The van der Waals surface area contributed by atoms with Crippen molar-refractivity contribution in [3.8, 4) is 0 Å². The van der Waals surface area contributed by atoms with Gasteiger partial charge in [0.2, 0.25) is 0 Å². The van der Waals surface area contributed by atoms with Crippen molar-refractivity contribution in [2.45, 2.75) is 12.3 Å². The van der Waals surface area contributed by atoms with Gasteiger partial charge < -0.3 is 5.11 Å². The van der Waals surface area contributed by atoms with Gasteiger partial charge in [0.05, 0.1) is 16.0 Å². The van der Waals surface area contributed by atoms with Crippen LogP contribution in [0.25, 0.3) is 0 Å². The summed E-state index contributed by atoms with van der Waals surface area (Å²) in [7, 11) is 0. The van der Waals surface area contributed by atoms with Gasteiger partial charge in [-0.15, -0.1) is 12.4 Å². The summed E-state index contributed by atoms with van der Waals surface area (Å²) in [6.45, 7) is 0. The molecule has 1 aliphatic rings. The van der Waals surface area contributed by atoms with Crippen LogP contribution >= 0.6 is 35.6 Å². The van der Waals surface area contributed by atoms with Crippen molar-refractivity contribution in [2.75, 3.05) is 0 Å². The molecule has 0 aliphatic heterocycles. The van der Waals surface area contributed by atoms with Gasteiger partial charge in [-0.05, 0) is 17.7 Å². The molecule has 1 aliphatic carbocycles. The predicted octanol–water partition coefficient (Wildman–Crippen LogP) is 3.17. The number of aliphatic carboxylic acids is 1. The highest BCUT2D eigenvalue weighted by Gasteiger charge is 2.34. The third-order valence-electron chi connectivity index (χ3n) is 2.46. The number of halogens is 3. The van der Waals surface area contributed by atoms with Gasteiger partial charge in [-0.1, -0.05) is 23.2 Å². The number of hydrogen-bond acceptors (Lipinski definition) is 2. The van der Waals surface area contributed by atoms with Crippen molar-refractivity contribution in [1.29, 1.82) is 0 Å². The Bertz CT molecular complexity index is 471. The lowest BCUT2D eigenvalue weighted by Crippen LogP contribution is -2.08. The Morgan fingerprint density at radius 2 is 1.88 bits per heavy atom. The topological polar surface area (TPSA) is 54.4 Å². The first kappa shape index (κ1) is 13.3. The van der Waals surface area contributed by atoms with Crippen LogP contribution < -0.4 is 0 Å². The summed E-state index contributed by atoms with van der Waals surface area (Å²) in [4.78, 5) is 22.4. The van der Waals surface area contributed by atoms with Gasteiger partial charge in [0.15, 0.2) is 5.78 Å². The van der Waals surface area contributed by atoms with E-state index in [2.05, 4.69) is 0 Å². The largest absolute Gasteiger partial charge is 0.481 e. The molecule has 2 rings (SSSR count). The minimum atomic E-state index is -1.01. The lowest BCUT2D eigenvalue weighted by atomic mass is 10.0. The Balaban J connectivity index is 0.00000128. The molecule has 1 aromatic carbocycles. The quantitative estimate of drug-likeness (QED) is 0.860. The standard InChI is InChI=1S/C10H6Cl2O3.ClH/c11-7-1-4-5(2-8(7)12)9(13)3-6(4)10(14)15;/h1-2,6H,3H2,(H,14,15);1H. The Kier molecular flexibility index (Phi) is 3.84. The van der Waals surface area contributed by atoms with Crippen LogP contribution in [0.5, 0.6) is 0 Å². The van der Waals surface area contributed by atoms with Gasteiger partial charge >= 0.3 is 5.97 Å². The summed E-state index contributed by atoms with van der Waals surface area (Å²) in [6, 6.07) is 2.90. The van der Waals surface area contributed by atoms with E-state index < -0.39 is 11.9 Å². The number of rotatable bonds is 1. The molecule has 86 valence electrons. The fraction of sp³-hybridized carbons (Fsp3) is 0.200. The zero-order chi connectivity index (χ0) is 11.2. The van der Waals surface area contributed by atoms with E-state index in [9.17, 15) is 9.59 Å². The van der Waals surface area contributed by atoms with Crippen LogP contribution in [0.2, 0.25) is 10.0 Å². The fourth-order valence-electron chi connectivity index (χ4n) is 1.72. The zero-order valence-electron chi connectivity index (χ0n) is 7.87. The molecule has 1 atom stereocenters. The molecular weight excluding hydrogens is 274 g/mol. The molecule has 1 aromatic rings. The molecule has 0 saturated heterocycles. The highest BCUT2D eigenvalue weighted by molar-refractivity contribution is 6.42. The van der Waals surface area contributed by atoms with E-state index in [0.717, 1.165) is 0 Å². The minimum absolute atomic E-state index is 0. The lowest BCUT2D eigenvalue weighted by molar-refractivity contribution is -0.138. The number of carbonyl (C=O) groups is 2. The molecule has 0 saturated carbocycles. The molecule has 6 heteroatoms. The number of carbonyl (C=O) groups excluding carboxylic acids is 1. The van der Waals surface area contributed by atoms with E-state index in [1.165, 1.54) is 12.1 Å². The van der Waals surface area contributed by atoms with Crippen molar-refractivity contribution in [1.82, 2.24) is 0 Å². The van der Waals surface area contributed by atoms with Gasteiger partial charge in [0, 0.05) is 12.0 Å². The average Bonchev–Trinajstić information content (AvgIpc) is 2.45. The SMILES string of the molecule is Cl.O=C1CC(C(=O)O)c2cc(Cl)c(Cl)cc21. The Morgan fingerprint density at radius 3 is 2.44 bits per heavy atom. The second-order valence-electron chi connectivity index (χ2n) is 3.37. The maximum Gasteiger partial charge on any atom is 0.311 e. The second-order valence-corrected chi connectivity index (χ2v) is 4.19. The molecule has 16 heavy (non-hydrogen) atoms. The van der Waals surface area contributed by atoms with Crippen LogP contribution in [0, 0.1) is 0 Å². The van der Waals surface area contributed by atoms with Gasteiger partial charge in [0.25, 0.3) is 0 Å². The highest BCUT2D eigenvalue weighted by Crippen LogP contribution is 2.37. The van der Waals surface area contributed by atoms with Crippen molar-refractivity contribution in [3.05, 3.63) is 33.3 Å². The van der Waals surface area contributed by atoms with Crippen LogP contribution in [0.3, 0.4) is 0 Å². The summed E-state index contributed by atoms with van der Waals surface area (Å²) >= 11 is 11.5. The molecule has 1 unspecified atom stereocenters. The summed E-state index contributed by atoms with van der Waals surface area (Å²) < 4.78 is 0. The Labute approximate surface area is 108 Å². The van der Waals surface area contributed by atoms with Crippen molar-refractivity contribution in [3.63, 3.8) is 0 Å². The number of Topliss-reactive ketones (excluding diaryl/α,β-unsaturated/α-hetero) is 1. The molecule has 3 nitrogen and oxygen atoms in total. The Morgan fingerprint density at radius 1 is 1.31 bits per heavy atom. The number of carboxylic acids is 1. The average molecular weight is 282 g/mol. The summed E-state index contributed by atoms with van der Waals surface area (Å²) in [5, 5.41) is 9.46. The molecular formula is C10H7Cl3O3. The maximum atomic E-state index is 11.5. The second kappa shape index (κ2) is 4.62. The smallest absolute Gasteiger partial charge is 0.311 e. The van der Waals surface area contributed by atoms with Crippen LogP contribution in [-0.4, -0.2) is 16.9 Å². The van der Waals surface area contributed by atoms with Gasteiger partial charge in [-0.3, -0.25) is 9.59 Å². The fourth-order valence-corrected chi connectivity index (χ4v) is 2.05. The maximum absolute atomic E-state index is 11.5. The first-order chi connectivity index (χ1) is 7.00. The molecule has 0 spiro atoms. The van der Waals surface area contributed by atoms with E-state index in [4.69, 9.17) is 28.3 Å². The monoisotopic (exact) mass is 280 g/mol. The van der Waals surface area contributed by atoms with E-state index in [1.807, 2.05) is 0 Å². The molecule has 0 fully saturated rings. The highest BCUT2D eigenvalue weighted by atomic mass is 35.5. The molecule has 0 aromatic heterocycles. The van der Waals surface area contributed by atoms with Gasteiger partial charge in [0.1, 0.15) is 0 Å². The van der Waals surface area contributed by atoms with E-state index in [1.54, 1.807) is 0 Å². The van der Waals surface area contributed by atoms with Crippen molar-refractivity contribution < 1.29 is 14.7 Å². The summed E-state index contributed by atoms with van der Waals surface area (Å²) in [5.74, 6) is -2.00. The molecule has 0 radical (unpaired) electrons. The first-order valence-electron chi connectivity index (χ1n) is 4.25. The molecule has 0 amide bonds. The molecule has 0 bridgehead atoms. The number of hydrogen-bond donors (Lipinski definition) is 1. The molecule has 1 N–H and O–H groups in total. The molecule has 0 heterocycles. The van der Waals surface area contributed by atoms with Crippen LogP contribution in [-0.2, 0) is 4.79 Å². The van der Waals surface area contributed by atoms with Crippen LogP contribution in [0.15, 0.2) is 12.1 Å². The van der Waals surface area contributed by atoms with Crippen LogP contribution in [0.1, 0.15) is 28.3 Å². The zero-order valence-corrected chi connectivity index (χ0v) is 10.2. The van der Waals surface area contributed by atoms with Crippen molar-refractivity contribution in [2.24, 2.45) is 0 Å². The lowest BCUT2D eigenvalue weighted by Gasteiger charge is -2.05. The number of fused-ring (bicyclic) bond motifs is 1. The number of benzene rings is 1. The van der Waals surface area contributed by atoms with Crippen molar-refractivity contribution >= 4 is 47.4 Å². The van der Waals surface area contributed by atoms with E-state index in [0.29, 0.717) is 11.1 Å². The minimum Gasteiger partial charge on any atom is -0.481 e. The normalized spacial score (nSPS) is 17.9. The number of carboxylic acid groups (broad SMARTS) is 1. The van der Waals surface area contributed by atoms with Gasteiger partial charge in [-0.25, -0.2) is 0 Å². The number of ketones is 1. The van der Waals surface area contributed by atoms with Crippen LogP contribution in [0.4, 0.5) is 0 Å². The van der Waals surface area contributed by atoms with Gasteiger partial charge in [-0.2, -0.15) is 0 Å². The Hall–Kier alpha value is -0.770.